The van der Waals surface area contributed by atoms with Crippen molar-refractivity contribution < 1.29 is 18.7 Å². The lowest BCUT2D eigenvalue weighted by Crippen LogP contribution is -2.48. The van der Waals surface area contributed by atoms with E-state index in [9.17, 15) is 9.59 Å². The number of imidazole rings is 1. The van der Waals surface area contributed by atoms with Gasteiger partial charge in [0.1, 0.15) is 29.1 Å². The average molecular weight is 397 g/mol. The van der Waals surface area contributed by atoms with Gasteiger partial charge in [0, 0.05) is 25.0 Å². The Morgan fingerprint density at radius 3 is 2.59 bits per heavy atom. The van der Waals surface area contributed by atoms with Gasteiger partial charge in [0.25, 0.3) is 5.91 Å². The molecule has 3 N–H and O–H groups in total. The minimum absolute atomic E-state index is 0.355. The van der Waals surface area contributed by atoms with Gasteiger partial charge < -0.3 is 19.0 Å². The molecule has 0 spiro atoms. The van der Waals surface area contributed by atoms with E-state index in [4.69, 9.17) is 9.15 Å². The van der Waals surface area contributed by atoms with Crippen molar-refractivity contribution in [3.8, 4) is 5.75 Å². The zero-order valence-corrected chi connectivity index (χ0v) is 16.6. The Labute approximate surface area is 168 Å². The van der Waals surface area contributed by atoms with Gasteiger partial charge in [-0.1, -0.05) is 18.2 Å². The molecule has 0 aliphatic heterocycles. The van der Waals surface area contributed by atoms with Crippen LogP contribution < -0.4 is 20.9 Å². The molecule has 3 amide bonds. The van der Waals surface area contributed by atoms with Crippen LogP contribution >= 0.6 is 0 Å². The number of hydrazine groups is 1. The van der Waals surface area contributed by atoms with E-state index in [1.807, 2.05) is 25.2 Å². The van der Waals surface area contributed by atoms with Crippen LogP contribution in [0, 0.1) is 13.8 Å². The van der Waals surface area contributed by atoms with Gasteiger partial charge in [0.2, 0.25) is 0 Å². The quantitative estimate of drug-likeness (QED) is 0.573. The Morgan fingerprint density at radius 1 is 1.21 bits per heavy atom. The molecule has 0 saturated carbocycles. The number of rotatable bonds is 5. The first-order valence-corrected chi connectivity index (χ1v) is 8.94. The summed E-state index contributed by atoms with van der Waals surface area (Å²) in [5, 5.41) is 2.83. The third-order valence-corrected chi connectivity index (χ3v) is 4.42. The standard InChI is InChI=1S/C20H23N5O4/c1-12-11-15(13(2)29-12)19(26)23-24-20(27)22-17(18-21-9-10-25(18)3)14-7-5-6-8-16(14)28-4/h5-11,17H,1-4H3,(H,23,26)(H2,22,24,27). The molecule has 29 heavy (non-hydrogen) atoms. The number of para-hydroxylation sites is 1. The number of benzene rings is 1. The molecule has 152 valence electrons. The molecule has 1 atom stereocenters. The molecule has 1 unspecified atom stereocenters. The van der Waals surface area contributed by atoms with Crippen LogP contribution in [0.15, 0.2) is 47.1 Å². The smallest absolute Gasteiger partial charge is 0.334 e. The Kier molecular flexibility index (Phi) is 5.87. The first kappa shape index (κ1) is 20.0. The summed E-state index contributed by atoms with van der Waals surface area (Å²) in [5.41, 5.74) is 5.83. The van der Waals surface area contributed by atoms with Crippen molar-refractivity contribution in [2.75, 3.05) is 7.11 Å². The van der Waals surface area contributed by atoms with Gasteiger partial charge in [-0.05, 0) is 26.0 Å². The van der Waals surface area contributed by atoms with E-state index in [0.717, 1.165) is 5.56 Å². The lowest BCUT2D eigenvalue weighted by molar-refractivity contribution is 0.0934. The monoisotopic (exact) mass is 397 g/mol. The summed E-state index contributed by atoms with van der Waals surface area (Å²) in [6.45, 7) is 3.43. The molecule has 0 saturated heterocycles. The highest BCUT2D eigenvalue weighted by Gasteiger charge is 2.24. The van der Waals surface area contributed by atoms with Crippen molar-refractivity contribution in [1.29, 1.82) is 0 Å². The topological polar surface area (TPSA) is 110 Å². The number of nitrogens with one attached hydrogen (secondary N) is 3. The minimum atomic E-state index is -0.602. The third kappa shape index (κ3) is 4.40. The van der Waals surface area contributed by atoms with Crippen molar-refractivity contribution >= 4 is 11.9 Å². The van der Waals surface area contributed by atoms with Crippen LogP contribution in [-0.2, 0) is 7.05 Å². The highest BCUT2D eigenvalue weighted by molar-refractivity contribution is 5.96. The van der Waals surface area contributed by atoms with Gasteiger partial charge in [-0.3, -0.25) is 10.2 Å². The van der Waals surface area contributed by atoms with E-state index < -0.39 is 18.0 Å². The van der Waals surface area contributed by atoms with Crippen LogP contribution in [0.1, 0.15) is 39.3 Å². The molecule has 3 aromatic rings. The zero-order valence-electron chi connectivity index (χ0n) is 16.6. The van der Waals surface area contributed by atoms with Crippen LogP contribution in [0.4, 0.5) is 4.79 Å². The minimum Gasteiger partial charge on any atom is -0.496 e. The lowest BCUT2D eigenvalue weighted by Gasteiger charge is -2.21. The molecule has 2 heterocycles. The second kappa shape index (κ2) is 8.51. The number of nitrogens with zero attached hydrogens (tertiary/aromatic N) is 2. The molecule has 0 bridgehead atoms. The van der Waals surface area contributed by atoms with E-state index in [-0.39, 0.29) is 0 Å². The maximum Gasteiger partial charge on any atom is 0.334 e. The van der Waals surface area contributed by atoms with Crippen LogP contribution in [0.5, 0.6) is 5.75 Å². The number of furan rings is 1. The Bertz CT molecular complexity index is 1020. The predicted octanol–water partition coefficient (Wildman–Crippen LogP) is 2.37. The predicted molar refractivity (Wildman–Crippen MR) is 105 cm³/mol. The number of ether oxygens (including phenoxy) is 1. The van der Waals surface area contributed by atoms with Gasteiger partial charge in [0.15, 0.2) is 0 Å². The van der Waals surface area contributed by atoms with Crippen molar-refractivity contribution in [2.45, 2.75) is 19.9 Å². The first-order valence-electron chi connectivity index (χ1n) is 8.94. The molecular formula is C20H23N5O4. The maximum atomic E-state index is 12.5. The fourth-order valence-electron chi connectivity index (χ4n) is 3.05. The average Bonchev–Trinajstić information content (AvgIpc) is 3.28. The number of aryl methyl sites for hydroxylation is 3. The summed E-state index contributed by atoms with van der Waals surface area (Å²) >= 11 is 0. The van der Waals surface area contributed by atoms with Crippen LogP contribution in [-0.4, -0.2) is 28.6 Å². The summed E-state index contributed by atoms with van der Waals surface area (Å²) in [5.74, 6) is 1.83. The second-order valence-electron chi connectivity index (χ2n) is 6.45. The molecule has 0 radical (unpaired) electrons. The van der Waals surface area contributed by atoms with Crippen LogP contribution in [0.25, 0.3) is 0 Å². The summed E-state index contributed by atoms with van der Waals surface area (Å²) in [7, 11) is 3.39. The lowest BCUT2D eigenvalue weighted by atomic mass is 10.0. The van der Waals surface area contributed by atoms with Crippen molar-refractivity contribution in [1.82, 2.24) is 25.7 Å². The second-order valence-corrected chi connectivity index (χ2v) is 6.45. The Balaban J connectivity index is 1.76. The van der Waals surface area contributed by atoms with E-state index in [2.05, 4.69) is 21.2 Å². The normalized spacial score (nSPS) is 11.6. The van der Waals surface area contributed by atoms with E-state index in [1.54, 1.807) is 50.1 Å². The molecule has 0 fully saturated rings. The van der Waals surface area contributed by atoms with E-state index in [1.165, 1.54) is 0 Å². The van der Waals surface area contributed by atoms with Crippen molar-refractivity contribution in [3.63, 3.8) is 0 Å². The van der Waals surface area contributed by atoms with Gasteiger partial charge >= 0.3 is 6.03 Å². The summed E-state index contributed by atoms with van der Waals surface area (Å²) in [4.78, 5) is 29.1. The number of aromatic nitrogens is 2. The number of hydrogen-bond acceptors (Lipinski definition) is 5. The number of carbonyl (C=O) groups excluding carboxylic acids is 2. The molecule has 0 aliphatic rings. The number of methoxy groups -OCH3 is 1. The third-order valence-electron chi connectivity index (χ3n) is 4.42. The SMILES string of the molecule is COc1ccccc1C(NC(=O)NNC(=O)c1cc(C)oc1C)c1nccn1C. The van der Waals surface area contributed by atoms with Crippen LogP contribution in [0.2, 0.25) is 0 Å². The van der Waals surface area contributed by atoms with E-state index in [0.29, 0.717) is 28.7 Å². The molecule has 3 rings (SSSR count). The highest BCUT2D eigenvalue weighted by atomic mass is 16.5. The van der Waals surface area contributed by atoms with Gasteiger partial charge in [-0.25, -0.2) is 15.2 Å². The summed E-state index contributed by atoms with van der Waals surface area (Å²) < 4.78 is 12.6. The molecule has 1 aromatic carbocycles. The molecule has 2 aromatic heterocycles. The summed E-state index contributed by atoms with van der Waals surface area (Å²) in [6.07, 6.45) is 3.42. The number of urea groups is 1. The fourth-order valence-corrected chi connectivity index (χ4v) is 3.05. The Hall–Kier alpha value is -3.75. The largest absolute Gasteiger partial charge is 0.496 e. The van der Waals surface area contributed by atoms with Crippen molar-refractivity contribution in [3.05, 3.63) is 71.2 Å². The number of carbonyl (C=O) groups is 2. The Morgan fingerprint density at radius 2 is 1.97 bits per heavy atom. The molecule has 9 heteroatoms. The molecule has 9 nitrogen and oxygen atoms in total. The molecule has 0 aliphatic carbocycles. The number of amides is 3. The van der Waals surface area contributed by atoms with Crippen LogP contribution in [0.3, 0.4) is 0 Å². The zero-order chi connectivity index (χ0) is 21.0. The van der Waals surface area contributed by atoms with Gasteiger partial charge in [-0.2, -0.15) is 0 Å². The van der Waals surface area contributed by atoms with Gasteiger partial charge in [-0.15, -0.1) is 0 Å². The van der Waals surface area contributed by atoms with Crippen molar-refractivity contribution in [2.24, 2.45) is 7.05 Å². The maximum absolute atomic E-state index is 12.5. The highest BCUT2D eigenvalue weighted by Crippen LogP contribution is 2.28. The van der Waals surface area contributed by atoms with E-state index >= 15 is 0 Å². The molecular weight excluding hydrogens is 374 g/mol. The first-order chi connectivity index (χ1) is 13.9. The summed E-state index contributed by atoms with van der Waals surface area (Å²) in [6, 6.07) is 7.74. The number of hydrogen-bond donors (Lipinski definition) is 3. The fraction of sp³-hybridized carbons (Fsp3) is 0.250. The van der Waals surface area contributed by atoms with Gasteiger partial charge in [0.05, 0.1) is 12.7 Å².